The summed E-state index contributed by atoms with van der Waals surface area (Å²) in [5, 5.41) is 15.3. The number of ether oxygens (including phenoxy) is 2. The summed E-state index contributed by atoms with van der Waals surface area (Å²) in [6.45, 7) is 2.09. The molecule has 2 aliphatic heterocycles. The van der Waals surface area contributed by atoms with Crippen LogP contribution in [-0.2, 0) is 15.7 Å². The third-order valence-corrected chi connectivity index (χ3v) is 7.71. The van der Waals surface area contributed by atoms with E-state index in [2.05, 4.69) is 15.5 Å². The fraction of sp³-hybridized carbons (Fsp3) is 0.679. The van der Waals surface area contributed by atoms with E-state index in [1.807, 2.05) is 0 Å². The first-order valence-electron chi connectivity index (χ1n) is 14.4. The van der Waals surface area contributed by atoms with Crippen LogP contribution < -0.4 is 15.8 Å². The number of hydrogen-bond acceptors (Lipinski definition) is 9. The van der Waals surface area contributed by atoms with Gasteiger partial charge in [-0.1, -0.05) is 37.3 Å². The Bertz CT molecular complexity index is 1100. The van der Waals surface area contributed by atoms with Crippen molar-refractivity contribution in [3.8, 4) is 17.1 Å². The average Bonchev–Trinajstić information content (AvgIpc) is 3.76. The minimum atomic E-state index is -4.61. The van der Waals surface area contributed by atoms with Crippen molar-refractivity contribution in [3.63, 3.8) is 0 Å². The van der Waals surface area contributed by atoms with E-state index in [4.69, 9.17) is 24.8 Å². The number of alkyl halides is 3. The van der Waals surface area contributed by atoms with Gasteiger partial charge in [0.05, 0.1) is 18.2 Å². The van der Waals surface area contributed by atoms with Crippen LogP contribution in [0.25, 0.3) is 11.4 Å². The molecule has 1 amide bonds. The first kappa shape index (κ1) is 31.2. The number of hydrogen-bond donors (Lipinski definition) is 3. The topological polar surface area (TPSA) is 136 Å². The number of carbonyl (C=O) groups excluding carboxylic acids is 1. The first-order valence-corrected chi connectivity index (χ1v) is 14.4. The summed E-state index contributed by atoms with van der Waals surface area (Å²) < 4.78 is 57.4. The highest BCUT2D eigenvalue weighted by Gasteiger charge is 2.37. The van der Waals surface area contributed by atoms with Gasteiger partial charge in [0, 0.05) is 25.3 Å². The fourth-order valence-electron chi connectivity index (χ4n) is 5.51. The summed E-state index contributed by atoms with van der Waals surface area (Å²) in [5.74, 6) is -0.120. The van der Waals surface area contributed by atoms with E-state index in [1.54, 1.807) is 4.90 Å². The molecule has 1 saturated carbocycles. The van der Waals surface area contributed by atoms with Crippen LogP contribution in [0.2, 0.25) is 0 Å². The molecule has 2 atom stereocenters. The molecule has 228 valence electrons. The van der Waals surface area contributed by atoms with Crippen LogP contribution in [0, 0.1) is 5.92 Å². The van der Waals surface area contributed by atoms with Gasteiger partial charge in [-0.3, -0.25) is 15.4 Å². The molecule has 5 rings (SSSR count). The van der Waals surface area contributed by atoms with Crippen LogP contribution >= 0.6 is 0 Å². The maximum Gasteiger partial charge on any atom is 0.419 e. The van der Waals surface area contributed by atoms with Gasteiger partial charge >= 0.3 is 6.18 Å². The molecule has 41 heavy (non-hydrogen) atoms. The number of nitrogens with two attached hydrogens (primary N) is 1. The Morgan fingerprint density at radius 2 is 1.90 bits per heavy atom. The molecule has 1 aromatic carbocycles. The van der Waals surface area contributed by atoms with Crippen molar-refractivity contribution in [1.29, 1.82) is 0 Å². The van der Waals surface area contributed by atoms with Gasteiger partial charge in [0.2, 0.25) is 17.6 Å². The molecule has 3 heterocycles. The normalized spacial score (nSPS) is 20.9. The zero-order chi connectivity index (χ0) is 29.2. The first-order chi connectivity index (χ1) is 19.8. The number of carbonyl (C=O) groups is 1. The Balaban J connectivity index is 0.000000699. The van der Waals surface area contributed by atoms with Gasteiger partial charge in [0.1, 0.15) is 18.6 Å². The predicted molar refractivity (Wildman–Crippen MR) is 143 cm³/mol. The summed E-state index contributed by atoms with van der Waals surface area (Å²) in [5.41, 5.74) is 5.30. The molecule has 2 unspecified atom stereocenters. The number of rotatable bonds is 9. The van der Waals surface area contributed by atoms with E-state index in [0.717, 1.165) is 45.0 Å². The number of aliphatic hydroxyl groups excluding tert-OH is 1. The maximum atomic E-state index is 13.8. The number of nitrogens with zero attached hydrogens (tertiary/aromatic N) is 3. The summed E-state index contributed by atoms with van der Waals surface area (Å²) >= 11 is 0. The highest BCUT2D eigenvalue weighted by Crippen LogP contribution is 2.39. The van der Waals surface area contributed by atoms with E-state index in [-0.39, 0.29) is 29.6 Å². The largest absolute Gasteiger partial charge is 0.493 e. The molecule has 1 aliphatic carbocycles. The van der Waals surface area contributed by atoms with E-state index in [0.29, 0.717) is 18.9 Å². The molecular weight excluding hydrogens is 543 g/mol. The number of nitrogens with one attached hydrogen (secondary N) is 1. The Morgan fingerprint density at radius 1 is 1.15 bits per heavy atom. The van der Waals surface area contributed by atoms with Gasteiger partial charge < -0.3 is 24.4 Å². The Labute approximate surface area is 237 Å². The van der Waals surface area contributed by atoms with E-state index in [9.17, 15) is 18.0 Å². The van der Waals surface area contributed by atoms with Crippen molar-refractivity contribution < 1.29 is 37.1 Å². The molecule has 0 spiro atoms. The molecule has 3 aliphatic rings. The van der Waals surface area contributed by atoms with E-state index >= 15 is 0 Å². The van der Waals surface area contributed by atoms with Crippen LogP contribution in [0.3, 0.4) is 0 Å². The Kier molecular flexibility index (Phi) is 11.4. The molecule has 2 aromatic rings. The number of amides is 1. The van der Waals surface area contributed by atoms with E-state index in [1.165, 1.54) is 44.2 Å². The standard InChI is InChI=1S/C24H32F3N5O4.C4H8O/c25-24(26,27)17-13-16(8-9-19(17)35-12-10-15-5-2-1-3-6-15)21-30-22(36-31-21)18-7-4-11-32(18)23(28)29-20(34)14-33;1-2-4-5-3-1/h8-9,13,15,18,23,33H,1-7,10-12,14,28H2,(H,29,34);1-4H2. The second-order valence-corrected chi connectivity index (χ2v) is 10.7. The van der Waals surface area contributed by atoms with Gasteiger partial charge in [-0.25, -0.2) is 0 Å². The minimum absolute atomic E-state index is 0.0177. The van der Waals surface area contributed by atoms with Gasteiger partial charge in [-0.15, -0.1) is 0 Å². The molecule has 13 heteroatoms. The molecule has 0 radical (unpaired) electrons. The third-order valence-electron chi connectivity index (χ3n) is 7.71. The van der Waals surface area contributed by atoms with E-state index < -0.39 is 36.6 Å². The highest BCUT2D eigenvalue weighted by atomic mass is 19.4. The second kappa shape index (κ2) is 14.9. The second-order valence-electron chi connectivity index (χ2n) is 10.7. The average molecular weight is 584 g/mol. The lowest BCUT2D eigenvalue weighted by atomic mass is 9.87. The monoisotopic (exact) mass is 583 g/mol. The summed E-state index contributed by atoms with van der Waals surface area (Å²) in [6, 6.07) is 3.35. The van der Waals surface area contributed by atoms with Crippen LogP contribution in [0.1, 0.15) is 81.7 Å². The molecule has 2 saturated heterocycles. The van der Waals surface area contributed by atoms with Crippen LogP contribution in [-0.4, -0.2) is 65.3 Å². The molecule has 0 bridgehead atoms. The van der Waals surface area contributed by atoms with Gasteiger partial charge in [0.15, 0.2) is 0 Å². The zero-order valence-electron chi connectivity index (χ0n) is 23.2. The highest BCUT2D eigenvalue weighted by molar-refractivity contribution is 5.77. The summed E-state index contributed by atoms with van der Waals surface area (Å²) in [4.78, 5) is 17.5. The third kappa shape index (κ3) is 8.87. The van der Waals surface area contributed by atoms with Crippen LogP contribution in [0.4, 0.5) is 13.2 Å². The van der Waals surface area contributed by atoms with Crippen molar-refractivity contribution >= 4 is 5.91 Å². The zero-order valence-corrected chi connectivity index (χ0v) is 23.2. The Hall–Kier alpha value is -2.74. The SMILES string of the molecule is C1CCOC1.NC(NC(=O)CO)N1CCCC1c1nc(-c2ccc(OCCC3CCCCC3)c(C(F)(F)F)c2)no1. The predicted octanol–water partition coefficient (Wildman–Crippen LogP) is 4.39. The van der Waals surface area contributed by atoms with Gasteiger partial charge in [-0.2, -0.15) is 18.2 Å². The molecule has 10 nitrogen and oxygen atoms in total. The van der Waals surface area contributed by atoms with Crippen molar-refractivity contribution in [2.75, 3.05) is 33.0 Å². The van der Waals surface area contributed by atoms with Crippen molar-refractivity contribution in [2.45, 2.75) is 82.7 Å². The maximum absolute atomic E-state index is 13.8. The molecule has 1 aromatic heterocycles. The number of benzene rings is 1. The van der Waals surface area contributed by atoms with Crippen LogP contribution in [0.5, 0.6) is 5.75 Å². The number of halogens is 3. The van der Waals surface area contributed by atoms with Crippen molar-refractivity contribution in [2.24, 2.45) is 11.7 Å². The lowest BCUT2D eigenvalue weighted by molar-refractivity contribution is -0.139. The molecule has 3 fully saturated rings. The Morgan fingerprint density at radius 3 is 2.56 bits per heavy atom. The lowest BCUT2D eigenvalue weighted by Gasteiger charge is -2.28. The molecule has 4 N–H and O–H groups in total. The minimum Gasteiger partial charge on any atom is -0.493 e. The molecular formula is C28H40F3N5O5. The van der Waals surface area contributed by atoms with Crippen molar-refractivity contribution in [1.82, 2.24) is 20.4 Å². The summed E-state index contributed by atoms with van der Waals surface area (Å²) in [6.07, 6.45) is 4.94. The number of likely N-dealkylation sites (tertiary alicyclic amines) is 1. The quantitative estimate of drug-likeness (QED) is 0.367. The smallest absolute Gasteiger partial charge is 0.419 e. The van der Waals surface area contributed by atoms with Gasteiger partial charge in [-0.05, 0) is 56.2 Å². The fourth-order valence-corrected chi connectivity index (χ4v) is 5.51. The van der Waals surface area contributed by atoms with Gasteiger partial charge in [0.25, 0.3) is 0 Å². The summed E-state index contributed by atoms with van der Waals surface area (Å²) in [7, 11) is 0. The van der Waals surface area contributed by atoms with Crippen molar-refractivity contribution in [3.05, 3.63) is 29.7 Å². The van der Waals surface area contributed by atoms with Crippen LogP contribution in [0.15, 0.2) is 22.7 Å². The number of aromatic nitrogens is 2. The lowest BCUT2D eigenvalue weighted by Crippen LogP contribution is -2.54. The number of aliphatic hydroxyl groups is 1.